The lowest BCUT2D eigenvalue weighted by molar-refractivity contribution is -0.151. The van der Waals surface area contributed by atoms with Crippen LogP contribution in [-0.4, -0.2) is 47.8 Å². The molecule has 2 aliphatic rings. The van der Waals surface area contributed by atoms with Gasteiger partial charge in [-0.25, -0.2) is 0 Å². The Balaban J connectivity index is 2.02. The largest absolute Gasteiger partial charge is 0.481 e. The lowest BCUT2D eigenvalue weighted by Crippen LogP contribution is -2.45. The monoisotopic (exact) mass is 269 g/mol. The Hall–Kier alpha value is -0.610. The van der Waals surface area contributed by atoms with Gasteiger partial charge in [0.05, 0.1) is 11.5 Å². The van der Waals surface area contributed by atoms with Gasteiger partial charge < -0.3 is 9.84 Å². The molecule has 2 saturated heterocycles. The van der Waals surface area contributed by atoms with Crippen LogP contribution in [0.3, 0.4) is 0 Å². The molecular formula is C15H27NO3. The number of nitrogens with zero attached hydrogens (tertiary/aromatic N) is 1. The van der Waals surface area contributed by atoms with Gasteiger partial charge >= 0.3 is 5.97 Å². The number of ether oxygens (including phenoxy) is 1. The van der Waals surface area contributed by atoms with E-state index in [9.17, 15) is 9.90 Å². The van der Waals surface area contributed by atoms with Gasteiger partial charge in [-0.15, -0.1) is 0 Å². The minimum absolute atomic E-state index is 0.191. The van der Waals surface area contributed by atoms with Crippen molar-refractivity contribution < 1.29 is 14.6 Å². The standard InChI is InChI=1S/C15H27NO3/c1-4-13-9-12(5-8-19-13)16-7-6-15(10-16,11(2)3)14(17)18/h11-13H,4-10H2,1-3H3,(H,17,18). The van der Waals surface area contributed by atoms with Crippen LogP contribution < -0.4 is 0 Å². The molecule has 0 aliphatic carbocycles. The van der Waals surface area contributed by atoms with Crippen LogP contribution >= 0.6 is 0 Å². The van der Waals surface area contributed by atoms with E-state index in [1.54, 1.807) is 0 Å². The topological polar surface area (TPSA) is 49.8 Å². The summed E-state index contributed by atoms with van der Waals surface area (Å²) >= 11 is 0. The highest BCUT2D eigenvalue weighted by Crippen LogP contribution is 2.40. The van der Waals surface area contributed by atoms with Crippen LogP contribution in [0.4, 0.5) is 0 Å². The van der Waals surface area contributed by atoms with Crippen LogP contribution in [-0.2, 0) is 9.53 Å². The van der Waals surface area contributed by atoms with Gasteiger partial charge in [0.2, 0.25) is 0 Å². The summed E-state index contributed by atoms with van der Waals surface area (Å²) in [5.74, 6) is -0.430. The summed E-state index contributed by atoms with van der Waals surface area (Å²) in [7, 11) is 0. The van der Waals surface area contributed by atoms with Crippen molar-refractivity contribution in [2.75, 3.05) is 19.7 Å². The summed E-state index contributed by atoms with van der Waals surface area (Å²) in [6.45, 7) is 8.69. The maximum absolute atomic E-state index is 11.7. The minimum atomic E-state index is -0.621. The molecule has 4 nitrogen and oxygen atoms in total. The number of hydrogen-bond acceptors (Lipinski definition) is 3. The third-order valence-corrected chi connectivity index (χ3v) is 5.17. The Morgan fingerprint density at radius 2 is 2.26 bits per heavy atom. The molecule has 3 unspecified atom stereocenters. The average Bonchev–Trinajstić information content (AvgIpc) is 2.85. The Labute approximate surface area is 116 Å². The summed E-state index contributed by atoms with van der Waals surface area (Å²) < 4.78 is 5.72. The molecule has 2 rings (SSSR count). The van der Waals surface area contributed by atoms with E-state index >= 15 is 0 Å². The van der Waals surface area contributed by atoms with Crippen molar-refractivity contribution in [2.24, 2.45) is 11.3 Å². The van der Waals surface area contributed by atoms with Crippen LogP contribution in [0.15, 0.2) is 0 Å². The summed E-state index contributed by atoms with van der Waals surface area (Å²) in [6.07, 6.45) is 4.30. The first-order chi connectivity index (χ1) is 8.99. The molecule has 110 valence electrons. The number of carboxylic acid groups (broad SMARTS) is 1. The molecule has 2 fully saturated rings. The predicted molar refractivity (Wildman–Crippen MR) is 74.1 cm³/mol. The molecule has 0 bridgehead atoms. The van der Waals surface area contributed by atoms with Crippen LogP contribution in [0.5, 0.6) is 0 Å². The van der Waals surface area contributed by atoms with E-state index in [-0.39, 0.29) is 5.92 Å². The van der Waals surface area contributed by atoms with Gasteiger partial charge in [0, 0.05) is 19.2 Å². The lowest BCUT2D eigenvalue weighted by Gasteiger charge is -2.36. The first-order valence-corrected chi connectivity index (χ1v) is 7.58. The van der Waals surface area contributed by atoms with Gasteiger partial charge in [-0.2, -0.15) is 0 Å². The molecule has 0 radical (unpaired) electrons. The smallest absolute Gasteiger partial charge is 0.311 e. The SMILES string of the molecule is CCC1CC(N2CCC(C(=O)O)(C(C)C)C2)CCO1. The average molecular weight is 269 g/mol. The number of rotatable bonds is 4. The highest BCUT2D eigenvalue weighted by atomic mass is 16.5. The van der Waals surface area contributed by atoms with E-state index in [4.69, 9.17) is 4.74 Å². The molecular weight excluding hydrogens is 242 g/mol. The lowest BCUT2D eigenvalue weighted by atomic mass is 9.76. The summed E-state index contributed by atoms with van der Waals surface area (Å²) in [5, 5.41) is 9.60. The van der Waals surface area contributed by atoms with Crippen molar-refractivity contribution in [3.63, 3.8) is 0 Å². The Bertz CT molecular complexity index is 331. The maximum Gasteiger partial charge on any atom is 0.311 e. The summed E-state index contributed by atoms with van der Waals surface area (Å²) in [5.41, 5.74) is -0.542. The van der Waals surface area contributed by atoms with Crippen molar-refractivity contribution >= 4 is 5.97 Å². The van der Waals surface area contributed by atoms with Crippen LogP contribution in [0, 0.1) is 11.3 Å². The van der Waals surface area contributed by atoms with Crippen molar-refractivity contribution in [1.82, 2.24) is 4.90 Å². The van der Waals surface area contributed by atoms with E-state index in [1.807, 2.05) is 13.8 Å². The first-order valence-electron chi connectivity index (χ1n) is 7.58. The summed E-state index contributed by atoms with van der Waals surface area (Å²) in [4.78, 5) is 14.1. The zero-order valence-corrected chi connectivity index (χ0v) is 12.4. The highest BCUT2D eigenvalue weighted by molar-refractivity contribution is 5.75. The summed E-state index contributed by atoms with van der Waals surface area (Å²) in [6, 6.07) is 0.513. The molecule has 4 heteroatoms. The van der Waals surface area contributed by atoms with Crippen molar-refractivity contribution in [2.45, 2.75) is 58.6 Å². The van der Waals surface area contributed by atoms with Gasteiger partial charge in [0.1, 0.15) is 0 Å². The number of carbonyl (C=O) groups is 1. The maximum atomic E-state index is 11.7. The molecule has 2 aliphatic heterocycles. The third-order valence-electron chi connectivity index (χ3n) is 5.17. The van der Waals surface area contributed by atoms with Gasteiger partial charge in [0.25, 0.3) is 0 Å². The Morgan fingerprint density at radius 1 is 1.53 bits per heavy atom. The molecule has 2 heterocycles. The number of aliphatic carboxylic acids is 1. The highest BCUT2D eigenvalue weighted by Gasteiger charge is 2.48. The van der Waals surface area contributed by atoms with E-state index in [0.29, 0.717) is 18.7 Å². The van der Waals surface area contributed by atoms with Gasteiger partial charge in [0.15, 0.2) is 0 Å². The molecule has 0 aromatic carbocycles. The van der Waals surface area contributed by atoms with Crippen LogP contribution in [0.25, 0.3) is 0 Å². The Morgan fingerprint density at radius 3 is 2.79 bits per heavy atom. The predicted octanol–water partition coefficient (Wildman–Crippen LogP) is 2.38. The second kappa shape index (κ2) is 5.80. The van der Waals surface area contributed by atoms with E-state index in [0.717, 1.165) is 38.8 Å². The quantitative estimate of drug-likeness (QED) is 0.851. The van der Waals surface area contributed by atoms with Crippen molar-refractivity contribution in [3.8, 4) is 0 Å². The molecule has 0 amide bonds. The van der Waals surface area contributed by atoms with Crippen molar-refractivity contribution in [1.29, 1.82) is 0 Å². The second-order valence-electron chi connectivity index (χ2n) is 6.42. The van der Waals surface area contributed by atoms with Gasteiger partial charge in [-0.05, 0) is 38.1 Å². The molecule has 0 aromatic heterocycles. The Kier molecular flexibility index (Phi) is 4.51. The normalized spacial score (nSPS) is 36.8. The van der Waals surface area contributed by atoms with Crippen molar-refractivity contribution in [3.05, 3.63) is 0 Å². The molecule has 0 spiro atoms. The fraction of sp³-hybridized carbons (Fsp3) is 0.933. The first kappa shape index (κ1) is 14.8. The third kappa shape index (κ3) is 2.79. The zero-order valence-electron chi connectivity index (χ0n) is 12.4. The molecule has 3 atom stereocenters. The number of carboxylic acids is 1. The van der Waals surface area contributed by atoms with Crippen LogP contribution in [0.1, 0.15) is 46.5 Å². The number of likely N-dealkylation sites (tertiary alicyclic amines) is 1. The molecule has 19 heavy (non-hydrogen) atoms. The van der Waals surface area contributed by atoms with Gasteiger partial charge in [-0.1, -0.05) is 20.8 Å². The van der Waals surface area contributed by atoms with Crippen LogP contribution in [0.2, 0.25) is 0 Å². The fourth-order valence-electron chi connectivity index (χ4n) is 3.54. The van der Waals surface area contributed by atoms with E-state index < -0.39 is 11.4 Å². The van der Waals surface area contributed by atoms with Gasteiger partial charge in [-0.3, -0.25) is 9.69 Å². The minimum Gasteiger partial charge on any atom is -0.481 e. The fourth-order valence-corrected chi connectivity index (χ4v) is 3.54. The zero-order chi connectivity index (χ0) is 14.0. The van der Waals surface area contributed by atoms with E-state index in [2.05, 4.69) is 11.8 Å². The molecule has 1 N–H and O–H groups in total. The van der Waals surface area contributed by atoms with E-state index in [1.165, 1.54) is 0 Å². The molecule has 0 aromatic rings. The molecule has 0 saturated carbocycles. The number of hydrogen-bond donors (Lipinski definition) is 1. The second-order valence-corrected chi connectivity index (χ2v) is 6.42.